The average Bonchev–Trinajstić information content (AvgIpc) is 2.46. The van der Waals surface area contributed by atoms with E-state index in [1.165, 1.54) is 43.4 Å². The molecule has 0 atom stereocenters. The van der Waals surface area contributed by atoms with E-state index in [1.54, 1.807) is 6.07 Å². The SMILES string of the molecule is CCc1ccc(S(=O)(=O)N(C)c2cccc(F)c2)cc1N. The number of nitrogen functional groups attached to an aromatic ring is 1. The van der Waals surface area contributed by atoms with E-state index in [0.29, 0.717) is 5.69 Å². The molecule has 0 aliphatic rings. The van der Waals surface area contributed by atoms with Crippen molar-refractivity contribution in [1.29, 1.82) is 0 Å². The van der Waals surface area contributed by atoms with Crippen LogP contribution in [-0.2, 0) is 16.4 Å². The topological polar surface area (TPSA) is 63.4 Å². The average molecular weight is 308 g/mol. The van der Waals surface area contributed by atoms with Gasteiger partial charge in [0.15, 0.2) is 0 Å². The molecule has 6 heteroatoms. The normalized spacial score (nSPS) is 11.4. The first kappa shape index (κ1) is 15.3. The van der Waals surface area contributed by atoms with Crippen LogP contribution >= 0.6 is 0 Å². The largest absolute Gasteiger partial charge is 0.398 e. The van der Waals surface area contributed by atoms with Crippen molar-refractivity contribution in [2.45, 2.75) is 18.2 Å². The van der Waals surface area contributed by atoms with Gasteiger partial charge in [0, 0.05) is 12.7 Å². The third kappa shape index (κ3) is 3.00. The first-order valence-electron chi connectivity index (χ1n) is 6.49. The highest BCUT2D eigenvalue weighted by molar-refractivity contribution is 7.92. The molecule has 2 aromatic carbocycles. The number of benzene rings is 2. The Hall–Kier alpha value is -2.08. The highest BCUT2D eigenvalue weighted by atomic mass is 32.2. The molecular weight excluding hydrogens is 291 g/mol. The van der Waals surface area contributed by atoms with Crippen LogP contribution < -0.4 is 10.0 Å². The summed E-state index contributed by atoms with van der Waals surface area (Å²) in [7, 11) is -2.39. The molecule has 0 aliphatic heterocycles. The Bertz CT molecular complexity index is 760. The van der Waals surface area contributed by atoms with Crippen LogP contribution in [0.25, 0.3) is 0 Å². The molecule has 0 saturated carbocycles. The van der Waals surface area contributed by atoms with Crippen LogP contribution in [0.2, 0.25) is 0 Å². The summed E-state index contributed by atoms with van der Waals surface area (Å²) in [5, 5.41) is 0. The van der Waals surface area contributed by atoms with Gasteiger partial charge in [-0.2, -0.15) is 0 Å². The van der Waals surface area contributed by atoms with E-state index < -0.39 is 15.8 Å². The molecule has 0 heterocycles. The summed E-state index contributed by atoms with van der Waals surface area (Å²) in [6, 6.07) is 10.1. The minimum absolute atomic E-state index is 0.0870. The summed E-state index contributed by atoms with van der Waals surface area (Å²) in [4.78, 5) is 0.0870. The molecule has 0 bridgehead atoms. The van der Waals surface area contributed by atoms with Crippen molar-refractivity contribution in [3.05, 3.63) is 53.8 Å². The lowest BCUT2D eigenvalue weighted by molar-refractivity contribution is 0.594. The minimum Gasteiger partial charge on any atom is -0.398 e. The molecule has 0 fully saturated rings. The molecule has 0 saturated heterocycles. The van der Waals surface area contributed by atoms with Gasteiger partial charge in [0.1, 0.15) is 5.82 Å². The molecule has 2 N–H and O–H groups in total. The molecule has 4 nitrogen and oxygen atoms in total. The van der Waals surface area contributed by atoms with Crippen LogP contribution in [0.5, 0.6) is 0 Å². The predicted molar refractivity (Wildman–Crippen MR) is 82.2 cm³/mol. The third-order valence-corrected chi connectivity index (χ3v) is 5.11. The molecule has 0 radical (unpaired) electrons. The number of hydrogen-bond donors (Lipinski definition) is 1. The van der Waals surface area contributed by atoms with E-state index in [2.05, 4.69) is 0 Å². The Balaban J connectivity index is 2.44. The lowest BCUT2D eigenvalue weighted by Gasteiger charge is -2.20. The second kappa shape index (κ2) is 5.73. The Labute approximate surface area is 124 Å². The van der Waals surface area contributed by atoms with Crippen LogP contribution in [0.1, 0.15) is 12.5 Å². The van der Waals surface area contributed by atoms with E-state index in [0.717, 1.165) is 16.3 Å². The van der Waals surface area contributed by atoms with Crippen LogP contribution in [0.3, 0.4) is 0 Å². The molecular formula is C15H17FN2O2S. The Morgan fingerprint density at radius 3 is 2.48 bits per heavy atom. The standard InChI is InChI=1S/C15H17FN2O2S/c1-3-11-7-8-14(10-15(11)17)21(19,20)18(2)13-6-4-5-12(16)9-13/h4-10H,3,17H2,1-2H3. The highest BCUT2D eigenvalue weighted by Gasteiger charge is 2.22. The summed E-state index contributed by atoms with van der Waals surface area (Å²) >= 11 is 0. The van der Waals surface area contributed by atoms with Crippen LogP contribution in [0, 0.1) is 5.82 Å². The molecule has 0 unspecified atom stereocenters. The van der Waals surface area contributed by atoms with Gasteiger partial charge in [-0.3, -0.25) is 4.31 Å². The van der Waals surface area contributed by atoms with E-state index in [4.69, 9.17) is 5.73 Å². The van der Waals surface area contributed by atoms with Crippen molar-refractivity contribution in [3.8, 4) is 0 Å². The number of anilines is 2. The van der Waals surface area contributed by atoms with Crippen molar-refractivity contribution >= 4 is 21.4 Å². The predicted octanol–water partition coefficient (Wildman–Crippen LogP) is 2.80. The molecule has 2 aromatic rings. The Kier molecular flexibility index (Phi) is 4.18. The molecule has 0 spiro atoms. The van der Waals surface area contributed by atoms with Gasteiger partial charge in [0.25, 0.3) is 10.0 Å². The fourth-order valence-electron chi connectivity index (χ4n) is 2.02. The monoisotopic (exact) mass is 308 g/mol. The number of rotatable bonds is 4. The maximum Gasteiger partial charge on any atom is 0.264 e. The van der Waals surface area contributed by atoms with Crippen molar-refractivity contribution in [2.24, 2.45) is 0 Å². The van der Waals surface area contributed by atoms with Crippen LogP contribution in [0.15, 0.2) is 47.4 Å². The maximum atomic E-state index is 13.2. The molecule has 21 heavy (non-hydrogen) atoms. The zero-order chi connectivity index (χ0) is 15.6. The second-order valence-electron chi connectivity index (χ2n) is 4.67. The molecule has 2 rings (SSSR count). The van der Waals surface area contributed by atoms with E-state index >= 15 is 0 Å². The molecule has 0 aromatic heterocycles. The van der Waals surface area contributed by atoms with E-state index in [1.807, 2.05) is 6.92 Å². The zero-order valence-electron chi connectivity index (χ0n) is 11.9. The van der Waals surface area contributed by atoms with Crippen molar-refractivity contribution < 1.29 is 12.8 Å². The minimum atomic E-state index is -3.77. The smallest absolute Gasteiger partial charge is 0.264 e. The van der Waals surface area contributed by atoms with Crippen molar-refractivity contribution in [3.63, 3.8) is 0 Å². The summed E-state index contributed by atoms with van der Waals surface area (Å²) in [6.45, 7) is 1.94. The van der Waals surface area contributed by atoms with Gasteiger partial charge < -0.3 is 5.73 Å². The number of halogens is 1. The van der Waals surface area contributed by atoms with Gasteiger partial charge in [0.05, 0.1) is 10.6 Å². The first-order chi connectivity index (χ1) is 9.86. The highest BCUT2D eigenvalue weighted by Crippen LogP contribution is 2.25. The third-order valence-electron chi connectivity index (χ3n) is 3.33. The fourth-order valence-corrected chi connectivity index (χ4v) is 3.25. The Morgan fingerprint density at radius 2 is 1.90 bits per heavy atom. The van der Waals surface area contributed by atoms with E-state index in [-0.39, 0.29) is 10.6 Å². The van der Waals surface area contributed by atoms with Gasteiger partial charge >= 0.3 is 0 Å². The zero-order valence-corrected chi connectivity index (χ0v) is 12.7. The van der Waals surface area contributed by atoms with Gasteiger partial charge in [0.2, 0.25) is 0 Å². The molecule has 0 amide bonds. The fraction of sp³-hybridized carbons (Fsp3) is 0.200. The number of nitrogens with two attached hydrogens (primary N) is 1. The van der Waals surface area contributed by atoms with Gasteiger partial charge in [-0.1, -0.05) is 19.1 Å². The summed E-state index contributed by atoms with van der Waals surface area (Å²) < 4.78 is 39.4. The van der Waals surface area contributed by atoms with Crippen molar-refractivity contribution in [2.75, 3.05) is 17.1 Å². The van der Waals surface area contributed by atoms with Crippen molar-refractivity contribution in [1.82, 2.24) is 0 Å². The molecule has 112 valence electrons. The number of hydrogen-bond acceptors (Lipinski definition) is 3. The summed E-state index contributed by atoms with van der Waals surface area (Å²) in [5.74, 6) is -0.490. The number of sulfonamides is 1. The lowest BCUT2D eigenvalue weighted by Crippen LogP contribution is -2.26. The quantitative estimate of drug-likeness (QED) is 0.883. The van der Waals surface area contributed by atoms with Gasteiger partial charge in [-0.25, -0.2) is 12.8 Å². The lowest BCUT2D eigenvalue weighted by atomic mass is 10.1. The number of aryl methyl sites for hydroxylation is 1. The number of nitrogens with zero attached hydrogens (tertiary/aromatic N) is 1. The van der Waals surface area contributed by atoms with Crippen LogP contribution in [-0.4, -0.2) is 15.5 Å². The van der Waals surface area contributed by atoms with Gasteiger partial charge in [-0.15, -0.1) is 0 Å². The second-order valence-corrected chi connectivity index (χ2v) is 6.64. The molecule has 0 aliphatic carbocycles. The summed E-state index contributed by atoms with van der Waals surface area (Å²) in [5.41, 5.74) is 7.43. The maximum absolute atomic E-state index is 13.2. The van der Waals surface area contributed by atoms with Crippen LogP contribution in [0.4, 0.5) is 15.8 Å². The Morgan fingerprint density at radius 1 is 1.19 bits per heavy atom. The summed E-state index contributed by atoms with van der Waals surface area (Å²) in [6.07, 6.45) is 0.728. The van der Waals surface area contributed by atoms with Gasteiger partial charge in [-0.05, 0) is 42.3 Å². The first-order valence-corrected chi connectivity index (χ1v) is 7.93. The van der Waals surface area contributed by atoms with E-state index in [9.17, 15) is 12.8 Å².